The van der Waals surface area contributed by atoms with E-state index in [2.05, 4.69) is 17.8 Å². The van der Waals surface area contributed by atoms with Crippen molar-refractivity contribution in [2.75, 3.05) is 0 Å². The van der Waals surface area contributed by atoms with E-state index >= 15 is 0 Å². The molecule has 64 valence electrons. The molecule has 3 heteroatoms. The van der Waals surface area contributed by atoms with Gasteiger partial charge in [-0.15, -0.1) is 0 Å². The second-order valence-corrected chi connectivity index (χ2v) is 3.65. The number of allylic oxidation sites excluding steroid dienone is 2. The Morgan fingerprint density at radius 1 is 1.67 bits per heavy atom. The van der Waals surface area contributed by atoms with E-state index in [0.29, 0.717) is 0 Å². The zero-order valence-corrected chi connectivity index (χ0v) is 8.27. The van der Waals surface area contributed by atoms with Crippen molar-refractivity contribution in [2.24, 2.45) is 7.05 Å². The maximum atomic E-state index is 4.27. The van der Waals surface area contributed by atoms with Gasteiger partial charge in [0.05, 0.1) is 0 Å². The zero-order chi connectivity index (χ0) is 8.97. The zero-order valence-electron chi connectivity index (χ0n) is 7.45. The molecule has 2 nitrogen and oxygen atoms in total. The summed E-state index contributed by atoms with van der Waals surface area (Å²) >= 11 is 1.66. The van der Waals surface area contributed by atoms with E-state index in [-0.39, 0.29) is 0 Å². The molecule has 1 heterocycles. The molecular weight excluding hydrogens is 168 g/mol. The summed E-state index contributed by atoms with van der Waals surface area (Å²) in [7, 11) is 1.94. The summed E-state index contributed by atoms with van der Waals surface area (Å²) in [5.74, 6) is 0. The van der Waals surface area contributed by atoms with Crippen molar-refractivity contribution in [3.8, 4) is 0 Å². The number of hydrogen-bond donors (Lipinski definition) is 0. The van der Waals surface area contributed by atoms with E-state index in [9.17, 15) is 0 Å². The molecule has 0 aliphatic rings. The van der Waals surface area contributed by atoms with E-state index in [4.69, 9.17) is 0 Å². The smallest absolute Gasteiger partial charge is 0.0967 e. The Kier molecular flexibility index (Phi) is 3.17. The Balaban J connectivity index is 2.88. The number of nitrogens with zero attached hydrogens (tertiary/aromatic N) is 2. The maximum Gasteiger partial charge on any atom is 0.180 e. The molecule has 0 aliphatic carbocycles. The molecule has 0 spiro atoms. The molecular formula is C9H13N2S+. The first-order valence-corrected chi connectivity index (χ1v) is 4.65. The molecule has 0 unspecified atom stereocenters. The molecule has 12 heavy (non-hydrogen) atoms. The molecule has 0 N–H and O–H groups in total. The molecule has 0 bridgehead atoms. The van der Waals surface area contributed by atoms with E-state index in [0.717, 1.165) is 12.1 Å². The first kappa shape index (κ1) is 9.13. The van der Waals surface area contributed by atoms with Crippen molar-refractivity contribution >= 4 is 17.6 Å². The minimum atomic E-state index is 0.955. The van der Waals surface area contributed by atoms with Crippen LogP contribution in [0.15, 0.2) is 18.7 Å². The third kappa shape index (κ3) is 2.01. The number of hydrogen-bond acceptors (Lipinski definition) is 2. The number of rotatable bonds is 3. The highest BCUT2D eigenvalue weighted by molar-refractivity contribution is 7.01. The van der Waals surface area contributed by atoms with Crippen molar-refractivity contribution in [3.05, 3.63) is 29.3 Å². The predicted octanol–water partition coefficient (Wildman–Crippen LogP) is 1.73. The van der Waals surface area contributed by atoms with Crippen LogP contribution in [-0.2, 0) is 13.5 Å². The Morgan fingerprint density at radius 2 is 2.42 bits per heavy atom. The van der Waals surface area contributed by atoms with Crippen LogP contribution in [0.25, 0.3) is 6.08 Å². The van der Waals surface area contributed by atoms with E-state index in [1.54, 1.807) is 17.6 Å². The van der Waals surface area contributed by atoms with Gasteiger partial charge in [-0.3, -0.25) is 0 Å². The van der Waals surface area contributed by atoms with Crippen molar-refractivity contribution in [3.63, 3.8) is 0 Å². The average molecular weight is 181 g/mol. The summed E-state index contributed by atoms with van der Waals surface area (Å²) in [5.41, 5.74) is 1.00. The minimum Gasteiger partial charge on any atom is -0.0967 e. The van der Waals surface area contributed by atoms with Gasteiger partial charge in [0.1, 0.15) is 4.88 Å². The molecule has 1 aromatic heterocycles. The molecule has 0 aliphatic heterocycles. The Bertz CT molecular complexity index is 299. The second-order valence-electron chi connectivity index (χ2n) is 2.44. The summed E-state index contributed by atoms with van der Waals surface area (Å²) < 4.78 is 1.86. The van der Waals surface area contributed by atoms with Crippen LogP contribution in [0.3, 0.4) is 0 Å². The highest BCUT2D eigenvalue weighted by atomic mass is 32.1. The summed E-state index contributed by atoms with van der Waals surface area (Å²) in [6.45, 7) is 5.74. The summed E-state index contributed by atoms with van der Waals surface area (Å²) in [5, 5.41) is 4.27. The number of aryl methyl sites for hydroxylation is 1. The fourth-order valence-corrected chi connectivity index (χ4v) is 1.79. The predicted molar refractivity (Wildman–Crippen MR) is 51.9 cm³/mol. The Morgan fingerprint density at radius 3 is 3.00 bits per heavy atom. The quantitative estimate of drug-likeness (QED) is 0.512. The molecule has 0 radical (unpaired) electrons. The van der Waals surface area contributed by atoms with Crippen molar-refractivity contribution in [2.45, 2.75) is 13.3 Å². The standard InChI is InChI=1S/C9H13N2S/c1-4-6-7-9-8(5-2)10-11(3)12-9/h4-6H,2,7H2,1,3H3/q+1. The lowest BCUT2D eigenvalue weighted by Crippen LogP contribution is -2.25. The molecule has 0 aromatic carbocycles. The molecule has 1 aromatic rings. The van der Waals surface area contributed by atoms with Gasteiger partial charge in [-0.05, 0) is 17.1 Å². The van der Waals surface area contributed by atoms with Crippen molar-refractivity contribution in [1.82, 2.24) is 5.10 Å². The third-order valence-electron chi connectivity index (χ3n) is 1.51. The molecule has 0 amide bonds. The lowest BCUT2D eigenvalue weighted by atomic mass is 10.3. The van der Waals surface area contributed by atoms with Gasteiger partial charge >= 0.3 is 0 Å². The van der Waals surface area contributed by atoms with Gasteiger partial charge < -0.3 is 0 Å². The van der Waals surface area contributed by atoms with E-state index in [1.807, 2.05) is 24.1 Å². The van der Waals surface area contributed by atoms with Gasteiger partial charge in [0, 0.05) is 11.5 Å². The van der Waals surface area contributed by atoms with Gasteiger partial charge in [-0.1, -0.05) is 18.7 Å². The normalized spacial score (nSPS) is 10.8. The fourth-order valence-electron chi connectivity index (χ4n) is 0.956. The summed E-state index contributed by atoms with van der Waals surface area (Å²) in [6.07, 6.45) is 6.93. The van der Waals surface area contributed by atoms with Gasteiger partial charge in [0.15, 0.2) is 24.3 Å². The lowest BCUT2D eigenvalue weighted by Gasteiger charge is -1.83. The lowest BCUT2D eigenvalue weighted by molar-refractivity contribution is -0.663. The molecule has 0 atom stereocenters. The molecule has 0 saturated carbocycles. The van der Waals surface area contributed by atoms with E-state index < -0.39 is 0 Å². The fraction of sp³-hybridized carbons (Fsp3) is 0.333. The molecule has 0 saturated heterocycles. The highest BCUT2D eigenvalue weighted by Crippen LogP contribution is 2.11. The van der Waals surface area contributed by atoms with Crippen molar-refractivity contribution in [1.29, 1.82) is 0 Å². The Labute approximate surface area is 77.0 Å². The number of aromatic nitrogens is 2. The van der Waals surface area contributed by atoms with Crippen LogP contribution in [-0.4, -0.2) is 5.10 Å². The van der Waals surface area contributed by atoms with Crippen LogP contribution in [0.5, 0.6) is 0 Å². The van der Waals surface area contributed by atoms with Crippen LogP contribution in [0.1, 0.15) is 17.5 Å². The van der Waals surface area contributed by atoms with Gasteiger partial charge in [0.2, 0.25) is 0 Å². The van der Waals surface area contributed by atoms with Crippen LogP contribution < -0.4 is 4.07 Å². The summed E-state index contributed by atoms with van der Waals surface area (Å²) in [4.78, 5) is 1.27. The summed E-state index contributed by atoms with van der Waals surface area (Å²) in [6, 6.07) is 0. The Hall–Kier alpha value is -0.960. The molecule has 0 fully saturated rings. The van der Waals surface area contributed by atoms with E-state index in [1.165, 1.54) is 4.88 Å². The first-order valence-electron chi connectivity index (χ1n) is 3.88. The largest absolute Gasteiger partial charge is 0.180 e. The third-order valence-corrected chi connectivity index (χ3v) is 2.45. The first-order chi connectivity index (χ1) is 5.77. The van der Waals surface area contributed by atoms with Crippen LogP contribution in [0.4, 0.5) is 0 Å². The second kappa shape index (κ2) is 4.16. The van der Waals surface area contributed by atoms with Crippen LogP contribution in [0, 0.1) is 0 Å². The minimum absolute atomic E-state index is 0.955. The van der Waals surface area contributed by atoms with Gasteiger partial charge in [-0.25, -0.2) is 0 Å². The monoisotopic (exact) mass is 181 g/mol. The maximum absolute atomic E-state index is 4.27. The molecule has 1 rings (SSSR count). The van der Waals surface area contributed by atoms with Gasteiger partial charge in [0.25, 0.3) is 0 Å². The topological polar surface area (TPSA) is 16.8 Å². The van der Waals surface area contributed by atoms with Crippen LogP contribution in [0.2, 0.25) is 0 Å². The SMILES string of the molecule is C=Cc1n[n+](C)sc1CC=CC. The van der Waals surface area contributed by atoms with Crippen LogP contribution >= 0.6 is 11.5 Å². The van der Waals surface area contributed by atoms with Gasteiger partial charge in [-0.2, -0.15) is 0 Å². The van der Waals surface area contributed by atoms with Crippen molar-refractivity contribution < 1.29 is 4.07 Å². The average Bonchev–Trinajstić information content (AvgIpc) is 2.42. The highest BCUT2D eigenvalue weighted by Gasteiger charge is 2.10.